The quantitative estimate of drug-likeness (QED) is 0.513. The van der Waals surface area contributed by atoms with E-state index < -0.39 is 8.03 Å². The second-order valence-corrected chi connectivity index (χ2v) is 3.33. The van der Waals surface area contributed by atoms with Crippen LogP contribution in [0.25, 0.3) is 0 Å². The maximum atomic E-state index is 10.5. The average molecular weight is 200 g/mol. The monoisotopic (exact) mass is 199 g/mol. The first-order valence-corrected chi connectivity index (χ1v) is 4.93. The molecule has 0 aliphatic rings. The van der Waals surface area contributed by atoms with Gasteiger partial charge >= 0.3 is 8.03 Å². The highest BCUT2D eigenvalue weighted by molar-refractivity contribution is 9.09. The molecule has 0 saturated carbocycles. The van der Waals surface area contributed by atoms with Gasteiger partial charge in [0.25, 0.3) is 0 Å². The molecule has 0 aliphatic heterocycles. The first-order valence-electron chi connectivity index (χ1n) is 2.44. The van der Waals surface area contributed by atoms with Crippen LogP contribution in [0.3, 0.4) is 0 Å². The van der Waals surface area contributed by atoms with E-state index in [9.17, 15) is 4.57 Å². The molecule has 0 amide bonds. The molecule has 0 saturated heterocycles. The minimum atomic E-state index is -1.38. The second kappa shape index (κ2) is 5.67. The molecule has 4 heteroatoms. The van der Waals surface area contributed by atoms with Gasteiger partial charge in [-0.15, -0.1) is 4.52 Å². The van der Waals surface area contributed by atoms with Crippen molar-refractivity contribution in [2.75, 3.05) is 18.1 Å². The van der Waals surface area contributed by atoms with E-state index in [1.165, 1.54) is 0 Å². The molecule has 0 rings (SSSR count). The molecule has 0 bridgehead atoms. The van der Waals surface area contributed by atoms with Crippen molar-refractivity contribution < 1.29 is 9.09 Å². The SMILES string of the molecule is CCO[P+](=O)CCBr. The van der Waals surface area contributed by atoms with Crippen molar-refractivity contribution in [1.82, 2.24) is 0 Å². The summed E-state index contributed by atoms with van der Waals surface area (Å²) in [4.78, 5) is 0. The molecule has 1 unspecified atom stereocenters. The number of alkyl halides is 1. The summed E-state index contributed by atoms with van der Waals surface area (Å²) in [6.45, 7) is 2.38. The van der Waals surface area contributed by atoms with Gasteiger partial charge in [-0.25, -0.2) is 0 Å². The summed E-state index contributed by atoms with van der Waals surface area (Å²) in [6.07, 6.45) is 0.614. The Hall–Kier alpha value is 0.540. The minimum absolute atomic E-state index is 0.544. The molecule has 0 N–H and O–H groups in total. The van der Waals surface area contributed by atoms with Gasteiger partial charge in [0.1, 0.15) is 0 Å². The molecule has 8 heavy (non-hydrogen) atoms. The highest BCUT2D eigenvalue weighted by atomic mass is 79.9. The van der Waals surface area contributed by atoms with E-state index >= 15 is 0 Å². The van der Waals surface area contributed by atoms with E-state index in [0.717, 1.165) is 5.33 Å². The van der Waals surface area contributed by atoms with Crippen LogP contribution in [-0.4, -0.2) is 18.1 Å². The zero-order valence-electron chi connectivity index (χ0n) is 4.76. The van der Waals surface area contributed by atoms with Crippen molar-refractivity contribution in [1.29, 1.82) is 0 Å². The Labute approximate surface area is 58.6 Å². The number of hydrogen-bond donors (Lipinski definition) is 0. The summed E-state index contributed by atoms with van der Waals surface area (Å²) < 4.78 is 15.3. The molecular weight excluding hydrogens is 191 g/mol. The Morgan fingerprint density at radius 3 is 2.75 bits per heavy atom. The highest BCUT2D eigenvalue weighted by Gasteiger charge is 2.12. The van der Waals surface area contributed by atoms with Crippen LogP contribution in [0, 0.1) is 0 Å². The predicted molar refractivity (Wildman–Crippen MR) is 37.9 cm³/mol. The molecule has 0 aromatic carbocycles. The molecule has 0 aliphatic carbocycles. The van der Waals surface area contributed by atoms with Gasteiger partial charge in [0.05, 0.1) is 11.9 Å². The predicted octanol–water partition coefficient (Wildman–Crippen LogP) is 2.16. The third-order valence-electron chi connectivity index (χ3n) is 0.540. The van der Waals surface area contributed by atoms with E-state index in [-0.39, 0.29) is 0 Å². The van der Waals surface area contributed by atoms with Gasteiger partial charge in [0.15, 0.2) is 6.16 Å². The first-order chi connectivity index (χ1) is 3.81. The fraction of sp³-hybridized carbons (Fsp3) is 1.00. The van der Waals surface area contributed by atoms with Gasteiger partial charge in [-0.05, 0) is 11.5 Å². The number of rotatable bonds is 4. The molecule has 0 spiro atoms. The van der Waals surface area contributed by atoms with Gasteiger partial charge in [0, 0.05) is 0 Å². The van der Waals surface area contributed by atoms with Gasteiger partial charge < -0.3 is 0 Å². The Morgan fingerprint density at radius 2 is 2.38 bits per heavy atom. The standard InChI is InChI=1S/C4H9BrO2P/c1-2-7-8(6)4-3-5/h2-4H2,1H3/q+1. The van der Waals surface area contributed by atoms with E-state index in [1.807, 2.05) is 6.92 Å². The normalized spacial score (nSPS) is 11.5. The largest absolute Gasteiger partial charge is 0.508 e. The Morgan fingerprint density at radius 1 is 1.75 bits per heavy atom. The molecule has 0 heterocycles. The van der Waals surface area contributed by atoms with Crippen molar-refractivity contribution in [3.63, 3.8) is 0 Å². The van der Waals surface area contributed by atoms with E-state index in [0.29, 0.717) is 12.8 Å². The Balaban J connectivity index is 3.06. The van der Waals surface area contributed by atoms with Crippen LogP contribution in [0.5, 0.6) is 0 Å². The minimum Gasteiger partial charge on any atom is -0.147 e. The molecule has 0 fully saturated rings. The lowest BCUT2D eigenvalue weighted by Gasteiger charge is -1.78. The Kier molecular flexibility index (Phi) is 6.06. The summed E-state index contributed by atoms with van der Waals surface area (Å²) in [6, 6.07) is 0. The second-order valence-electron chi connectivity index (χ2n) is 1.16. The third kappa shape index (κ3) is 4.69. The molecule has 0 aromatic rings. The number of hydrogen-bond acceptors (Lipinski definition) is 2. The topological polar surface area (TPSA) is 26.3 Å². The lowest BCUT2D eigenvalue weighted by Crippen LogP contribution is -1.82. The summed E-state index contributed by atoms with van der Waals surface area (Å²) in [7, 11) is -1.38. The lowest BCUT2D eigenvalue weighted by molar-refractivity contribution is 0.351. The van der Waals surface area contributed by atoms with Crippen LogP contribution in [0.2, 0.25) is 0 Å². The first kappa shape index (κ1) is 8.54. The zero-order valence-corrected chi connectivity index (χ0v) is 7.24. The van der Waals surface area contributed by atoms with Crippen molar-refractivity contribution in [3.8, 4) is 0 Å². The van der Waals surface area contributed by atoms with E-state index in [1.54, 1.807) is 0 Å². The van der Waals surface area contributed by atoms with Crippen molar-refractivity contribution >= 4 is 24.0 Å². The average Bonchev–Trinajstić information content (AvgIpc) is 1.68. The van der Waals surface area contributed by atoms with Crippen LogP contribution in [0.4, 0.5) is 0 Å². The van der Waals surface area contributed by atoms with Gasteiger partial charge in [-0.1, -0.05) is 15.9 Å². The van der Waals surface area contributed by atoms with Gasteiger partial charge in [-0.2, -0.15) is 0 Å². The molecule has 0 aromatic heterocycles. The van der Waals surface area contributed by atoms with Crippen molar-refractivity contribution in [2.45, 2.75) is 6.92 Å². The molecule has 2 nitrogen and oxygen atoms in total. The molecular formula is C4H9BrO2P+. The molecule has 48 valence electrons. The van der Waals surface area contributed by atoms with Crippen molar-refractivity contribution in [3.05, 3.63) is 0 Å². The summed E-state index contributed by atoms with van der Waals surface area (Å²) in [5.74, 6) is 0. The van der Waals surface area contributed by atoms with Crippen LogP contribution < -0.4 is 0 Å². The van der Waals surface area contributed by atoms with Crippen LogP contribution in [-0.2, 0) is 9.09 Å². The van der Waals surface area contributed by atoms with E-state index in [2.05, 4.69) is 15.9 Å². The van der Waals surface area contributed by atoms with Gasteiger partial charge in [-0.3, -0.25) is 0 Å². The van der Waals surface area contributed by atoms with Crippen LogP contribution in [0.15, 0.2) is 0 Å². The maximum Gasteiger partial charge on any atom is 0.508 e. The highest BCUT2D eigenvalue weighted by Crippen LogP contribution is 2.21. The summed E-state index contributed by atoms with van der Waals surface area (Å²) in [5, 5.41) is 0.752. The molecule has 0 radical (unpaired) electrons. The molecule has 1 atom stereocenters. The smallest absolute Gasteiger partial charge is 0.147 e. The van der Waals surface area contributed by atoms with Crippen LogP contribution in [0.1, 0.15) is 6.92 Å². The lowest BCUT2D eigenvalue weighted by atomic mass is 10.9. The number of halogens is 1. The van der Waals surface area contributed by atoms with Crippen molar-refractivity contribution in [2.24, 2.45) is 0 Å². The maximum absolute atomic E-state index is 10.5. The fourth-order valence-electron chi connectivity index (χ4n) is 0.278. The fourth-order valence-corrected chi connectivity index (χ4v) is 1.70. The van der Waals surface area contributed by atoms with E-state index in [4.69, 9.17) is 4.52 Å². The summed E-state index contributed by atoms with van der Waals surface area (Å²) >= 11 is 3.16. The summed E-state index contributed by atoms with van der Waals surface area (Å²) in [5.41, 5.74) is 0. The Bertz CT molecular complexity index is 68.4. The van der Waals surface area contributed by atoms with Gasteiger partial charge in [0.2, 0.25) is 0 Å². The van der Waals surface area contributed by atoms with Crippen LogP contribution >= 0.6 is 24.0 Å². The third-order valence-corrected chi connectivity index (χ3v) is 2.68. The zero-order chi connectivity index (χ0) is 6.41.